The number of amides is 3. The topological polar surface area (TPSA) is 209 Å². The van der Waals surface area contributed by atoms with Crippen LogP contribution in [0.25, 0.3) is 0 Å². The molecule has 15 rings (SSSR count). The summed E-state index contributed by atoms with van der Waals surface area (Å²) in [6.45, 7) is 0. The maximum Gasteiger partial charge on any atom is 0.241 e. The fourth-order valence-corrected chi connectivity index (χ4v) is 15.2. The van der Waals surface area contributed by atoms with Crippen LogP contribution in [0.5, 0.6) is 0 Å². The highest BCUT2D eigenvalue weighted by Gasteiger charge is 2.44. The zero-order chi connectivity index (χ0) is 74.1. The molecule has 0 radical (unpaired) electrons. The minimum Gasteiger partial charge on any atom is -0.348 e. The van der Waals surface area contributed by atoms with Gasteiger partial charge in [0.15, 0.2) is 0 Å². The average Bonchev–Trinajstić information content (AvgIpc) is 1.09. The first-order valence-corrected chi connectivity index (χ1v) is 36.7. The summed E-state index contributed by atoms with van der Waals surface area (Å²) in [7, 11) is 0. The highest BCUT2D eigenvalue weighted by Crippen LogP contribution is 2.42. The highest BCUT2D eigenvalue weighted by molar-refractivity contribution is 5.97. The lowest BCUT2D eigenvalue weighted by Crippen LogP contribution is -2.54. The number of benzene rings is 12. The van der Waals surface area contributed by atoms with E-state index in [1.165, 1.54) is 0 Å². The molecule has 3 heterocycles. The predicted octanol–water partition coefficient (Wildman–Crippen LogP) is 16.4. The molecule has 9 N–H and O–H groups in total. The molecule has 536 valence electrons. The summed E-state index contributed by atoms with van der Waals surface area (Å²) in [5.74, 6) is -1.14. The van der Waals surface area contributed by atoms with E-state index < -0.39 is 40.7 Å². The van der Waals surface area contributed by atoms with Gasteiger partial charge in [-0.15, -0.1) is 0 Å². The van der Waals surface area contributed by atoms with Gasteiger partial charge in [-0.3, -0.25) is 30.3 Å². The summed E-state index contributed by atoms with van der Waals surface area (Å²) >= 11 is 0. The van der Waals surface area contributed by atoms with Crippen molar-refractivity contribution in [2.45, 2.75) is 59.9 Å². The molecule has 0 aliphatic rings. The van der Waals surface area contributed by atoms with E-state index in [2.05, 4.69) is 171 Å². The van der Waals surface area contributed by atoms with E-state index in [4.69, 9.17) is 0 Å². The Hall–Kier alpha value is -13.4. The van der Waals surface area contributed by atoms with Crippen LogP contribution in [-0.2, 0) is 50.3 Å². The third-order valence-corrected chi connectivity index (χ3v) is 20.5. The number of imidazole rings is 3. The van der Waals surface area contributed by atoms with Crippen molar-refractivity contribution in [3.8, 4) is 0 Å². The van der Waals surface area contributed by atoms with Gasteiger partial charge in [0.05, 0.1) is 53.7 Å². The fourth-order valence-electron chi connectivity index (χ4n) is 15.2. The maximum absolute atomic E-state index is 15.4. The lowest BCUT2D eigenvalue weighted by Gasteiger charge is -2.40. The lowest BCUT2D eigenvalue weighted by atomic mass is 9.76. The molecule has 0 aliphatic heterocycles. The molecule has 3 amide bonds. The van der Waals surface area contributed by atoms with Crippen molar-refractivity contribution >= 4 is 34.8 Å². The van der Waals surface area contributed by atoms with Gasteiger partial charge in [-0.1, -0.05) is 309 Å². The number of nitrogens with zero attached hydrogens (tertiary/aromatic N) is 3. The zero-order valence-electron chi connectivity index (χ0n) is 59.9. The minimum atomic E-state index is -0.963. The Morgan fingerprint density at radius 3 is 0.606 bits per heavy atom. The van der Waals surface area contributed by atoms with Crippen LogP contribution < -0.4 is 31.9 Å². The van der Waals surface area contributed by atoms with Gasteiger partial charge in [-0.05, 0) is 103 Å². The Labute approximate surface area is 634 Å². The van der Waals surface area contributed by atoms with Crippen LogP contribution >= 0.6 is 0 Å². The minimum absolute atomic E-state index is 0.248. The molecule has 0 aliphatic carbocycles. The molecule has 0 fully saturated rings. The standard InChI is InChI=1S/C94H82N12O3/c107-89(85(58-82-61-95-64-98-82)104-92(70-28-10-1-11-29-70,71-30-12-2-13-31-71)72-32-14-3-15-33-72)101-79-52-46-67(47-53-79)88(68-48-54-80(55-49-68)102-90(108)86(59-83-62-96-65-99-83)105-93(73-34-16-4-17-35-73,74-36-18-5-19-37-74)75-38-20-6-21-39-75)69-50-56-81(57-51-69)103-91(109)87(60-84-63-97-66-100-84)106-94(76-40-22-7-23-41-76,77-42-24-8-25-43-77)78-44-26-9-27-45-78/h1-57,61-66,85-88,104-106H,58-60H2,(H,95,98)(H,96,99)(H,97,100)(H,101,107)(H,102,108)(H,103,109)/t85-,86-,87-/m0/s1. The number of hydrogen-bond donors (Lipinski definition) is 9. The Kier molecular flexibility index (Phi) is 21.8. The van der Waals surface area contributed by atoms with Crippen molar-refractivity contribution in [2.75, 3.05) is 16.0 Å². The van der Waals surface area contributed by atoms with E-state index in [1.54, 1.807) is 37.6 Å². The number of rotatable bonds is 30. The van der Waals surface area contributed by atoms with E-state index in [-0.39, 0.29) is 17.7 Å². The first-order chi connectivity index (χ1) is 53.7. The van der Waals surface area contributed by atoms with Gasteiger partial charge in [-0.2, -0.15) is 0 Å². The zero-order valence-corrected chi connectivity index (χ0v) is 59.9. The van der Waals surface area contributed by atoms with Crippen LogP contribution in [0.15, 0.2) is 383 Å². The third kappa shape index (κ3) is 15.8. The van der Waals surface area contributed by atoms with E-state index in [1.807, 2.05) is 237 Å². The summed E-state index contributed by atoms with van der Waals surface area (Å²) in [6, 6.07) is 114. The molecule has 12 aromatic carbocycles. The summed E-state index contributed by atoms with van der Waals surface area (Å²) in [5, 5.41) is 21.8. The lowest BCUT2D eigenvalue weighted by molar-refractivity contribution is -0.119. The van der Waals surface area contributed by atoms with Crippen LogP contribution in [0, 0.1) is 0 Å². The normalized spacial score (nSPS) is 12.5. The Morgan fingerprint density at radius 2 is 0.440 bits per heavy atom. The van der Waals surface area contributed by atoms with Crippen LogP contribution in [0.2, 0.25) is 0 Å². The van der Waals surface area contributed by atoms with Crippen molar-refractivity contribution in [2.24, 2.45) is 0 Å². The van der Waals surface area contributed by atoms with E-state index in [0.29, 0.717) is 36.3 Å². The van der Waals surface area contributed by atoms with E-state index >= 15 is 14.4 Å². The molecule has 0 spiro atoms. The number of hydrogen-bond acceptors (Lipinski definition) is 9. The summed E-state index contributed by atoms with van der Waals surface area (Å²) in [6.07, 6.45) is 11.0. The molecule has 0 bridgehead atoms. The molecular weight excluding hydrogens is 1350 g/mol. The third-order valence-electron chi connectivity index (χ3n) is 20.5. The molecule has 15 aromatic rings. The number of carbonyl (C=O) groups is 3. The van der Waals surface area contributed by atoms with Gasteiger partial charge in [0.1, 0.15) is 0 Å². The summed E-state index contributed by atoms with van der Waals surface area (Å²) < 4.78 is 0. The molecule has 15 nitrogen and oxygen atoms in total. The number of anilines is 3. The molecule has 0 saturated carbocycles. The summed E-state index contributed by atoms with van der Waals surface area (Å²) in [4.78, 5) is 69.0. The highest BCUT2D eigenvalue weighted by atomic mass is 16.2. The van der Waals surface area contributed by atoms with Crippen molar-refractivity contribution < 1.29 is 14.4 Å². The Morgan fingerprint density at radius 1 is 0.257 bits per heavy atom. The molecule has 3 atom stereocenters. The quantitative estimate of drug-likeness (QED) is 0.0196. The number of aromatic nitrogens is 6. The maximum atomic E-state index is 15.4. The molecule has 0 unspecified atom stereocenters. The fraction of sp³-hybridized carbons (Fsp3) is 0.106. The molecular formula is C94H82N12O3. The second-order valence-corrected chi connectivity index (χ2v) is 27.2. The average molecular weight is 1430 g/mol. The van der Waals surface area contributed by atoms with Crippen molar-refractivity contribution in [1.82, 2.24) is 45.9 Å². The monoisotopic (exact) mass is 1430 g/mol. The van der Waals surface area contributed by atoms with E-state index in [0.717, 1.165) is 83.8 Å². The second kappa shape index (κ2) is 33.3. The van der Waals surface area contributed by atoms with Crippen molar-refractivity contribution in [3.63, 3.8) is 0 Å². The first-order valence-electron chi connectivity index (χ1n) is 36.7. The number of nitrogens with one attached hydrogen (secondary N) is 9. The van der Waals surface area contributed by atoms with Gasteiger partial charge < -0.3 is 30.9 Å². The SMILES string of the molecule is O=C(Nc1ccc(C(c2ccc(NC(=O)[C@H](Cc3cnc[nH]3)NC(c3ccccc3)(c3ccccc3)c3ccccc3)cc2)c2ccc(NC(=O)[C@H](Cc3cnc[nH]3)NC(c3ccccc3)(c3ccccc3)c3ccccc3)cc2)cc1)[C@H](Cc1cnc[nH]1)NC(c1ccccc1)(c1ccccc1)c1ccccc1. The molecule has 109 heavy (non-hydrogen) atoms. The first kappa shape index (κ1) is 71.2. The summed E-state index contributed by atoms with van der Waals surface area (Å²) in [5.41, 5.74) is 12.7. The number of H-pyrrole nitrogens is 3. The van der Waals surface area contributed by atoms with E-state index in [9.17, 15) is 0 Å². The van der Waals surface area contributed by atoms with Gasteiger partial charge in [0.25, 0.3) is 0 Å². The smallest absolute Gasteiger partial charge is 0.241 e. The second-order valence-electron chi connectivity index (χ2n) is 27.2. The largest absolute Gasteiger partial charge is 0.348 e. The molecule has 0 saturated heterocycles. The predicted molar refractivity (Wildman–Crippen MR) is 431 cm³/mol. The van der Waals surface area contributed by atoms with Crippen LogP contribution in [0.1, 0.15) is 89.8 Å². The van der Waals surface area contributed by atoms with Crippen molar-refractivity contribution in [1.29, 1.82) is 0 Å². The Bertz CT molecular complexity index is 4500. The Balaban J connectivity index is 0.766. The van der Waals surface area contributed by atoms with Gasteiger partial charge in [-0.25, -0.2) is 15.0 Å². The van der Waals surface area contributed by atoms with Crippen LogP contribution in [-0.4, -0.2) is 65.8 Å². The molecule has 15 heteroatoms. The van der Waals surface area contributed by atoms with Gasteiger partial charge >= 0.3 is 0 Å². The molecule has 3 aromatic heterocycles. The van der Waals surface area contributed by atoms with Crippen molar-refractivity contribution in [3.05, 3.63) is 467 Å². The number of carbonyl (C=O) groups excluding carboxylic acids is 3. The van der Waals surface area contributed by atoms with Crippen LogP contribution in [0.3, 0.4) is 0 Å². The van der Waals surface area contributed by atoms with Crippen LogP contribution in [0.4, 0.5) is 17.1 Å². The van der Waals surface area contributed by atoms with Gasteiger partial charge in [0, 0.05) is 77.9 Å². The number of aromatic amines is 3. The van der Waals surface area contributed by atoms with Gasteiger partial charge in [0.2, 0.25) is 17.7 Å².